The van der Waals surface area contributed by atoms with E-state index < -0.39 is 35.5 Å². The second-order valence-electron chi connectivity index (χ2n) is 5.63. The number of rotatable bonds is 7. The molecule has 0 aliphatic rings. The summed E-state index contributed by atoms with van der Waals surface area (Å²) in [6, 6.07) is 7.03. The van der Waals surface area contributed by atoms with E-state index in [4.69, 9.17) is 4.74 Å². The molecular formula is C18H14F4N4O3. The third kappa shape index (κ3) is 4.62. The summed E-state index contributed by atoms with van der Waals surface area (Å²) < 4.78 is 61.4. The van der Waals surface area contributed by atoms with Crippen molar-refractivity contribution in [2.75, 3.05) is 7.11 Å². The van der Waals surface area contributed by atoms with Crippen molar-refractivity contribution in [3.63, 3.8) is 0 Å². The first-order chi connectivity index (χ1) is 13.9. The topological polar surface area (TPSA) is 89.1 Å². The first-order valence-corrected chi connectivity index (χ1v) is 8.15. The number of para-hydroxylation sites is 1. The van der Waals surface area contributed by atoms with Crippen LogP contribution in [0, 0.1) is 11.6 Å². The van der Waals surface area contributed by atoms with Crippen molar-refractivity contribution in [2.24, 2.45) is 0 Å². The van der Waals surface area contributed by atoms with E-state index in [2.05, 4.69) is 25.2 Å². The predicted molar refractivity (Wildman–Crippen MR) is 92.5 cm³/mol. The van der Waals surface area contributed by atoms with Gasteiger partial charge < -0.3 is 14.8 Å². The van der Waals surface area contributed by atoms with Crippen molar-refractivity contribution in [2.45, 2.75) is 13.2 Å². The molecular weight excluding hydrogens is 396 g/mol. The smallest absolute Gasteiger partial charge is 0.387 e. The molecule has 1 amide bonds. The number of methoxy groups -OCH3 is 1. The zero-order valence-electron chi connectivity index (χ0n) is 14.9. The molecule has 2 aromatic carbocycles. The monoisotopic (exact) mass is 410 g/mol. The van der Waals surface area contributed by atoms with Crippen molar-refractivity contribution in [1.29, 1.82) is 0 Å². The number of H-pyrrole nitrogens is 1. The molecule has 0 saturated carbocycles. The van der Waals surface area contributed by atoms with Gasteiger partial charge in [0.05, 0.1) is 24.8 Å². The number of hydrogen-bond donors (Lipinski definition) is 2. The third-order valence-corrected chi connectivity index (χ3v) is 3.77. The Morgan fingerprint density at radius 2 is 2.03 bits per heavy atom. The van der Waals surface area contributed by atoms with Crippen molar-refractivity contribution in [1.82, 2.24) is 20.5 Å². The first kappa shape index (κ1) is 20.1. The molecule has 7 nitrogen and oxygen atoms in total. The van der Waals surface area contributed by atoms with Crippen LogP contribution in [0.25, 0.3) is 11.4 Å². The van der Waals surface area contributed by atoms with E-state index in [1.807, 2.05) is 0 Å². The fourth-order valence-corrected chi connectivity index (χ4v) is 2.51. The van der Waals surface area contributed by atoms with Crippen LogP contribution in [0.15, 0.2) is 36.4 Å². The molecule has 0 atom stereocenters. The maximum atomic E-state index is 13.7. The second-order valence-corrected chi connectivity index (χ2v) is 5.63. The van der Waals surface area contributed by atoms with Crippen LogP contribution in [-0.2, 0) is 6.54 Å². The summed E-state index contributed by atoms with van der Waals surface area (Å²) in [6.45, 7) is -3.48. The van der Waals surface area contributed by atoms with Crippen LogP contribution in [-0.4, -0.2) is 34.8 Å². The van der Waals surface area contributed by atoms with Gasteiger partial charge in [-0.15, -0.1) is 0 Å². The number of amides is 1. The van der Waals surface area contributed by atoms with Crippen LogP contribution in [0.2, 0.25) is 0 Å². The number of carbonyl (C=O) groups is 1. The van der Waals surface area contributed by atoms with E-state index in [-0.39, 0.29) is 18.2 Å². The zero-order valence-corrected chi connectivity index (χ0v) is 14.9. The molecule has 0 fully saturated rings. The molecule has 0 saturated heterocycles. The van der Waals surface area contributed by atoms with Crippen LogP contribution < -0.4 is 14.8 Å². The first-order valence-electron chi connectivity index (χ1n) is 8.15. The third-order valence-electron chi connectivity index (χ3n) is 3.77. The summed E-state index contributed by atoms with van der Waals surface area (Å²) in [4.78, 5) is 16.4. The molecule has 1 heterocycles. The van der Waals surface area contributed by atoms with Gasteiger partial charge in [-0.3, -0.25) is 9.89 Å². The summed E-state index contributed by atoms with van der Waals surface area (Å²) in [5.41, 5.74) is -0.115. The molecule has 0 aliphatic heterocycles. The molecule has 0 radical (unpaired) electrons. The Balaban J connectivity index is 1.75. The van der Waals surface area contributed by atoms with Gasteiger partial charge in [0.2, 0.25) is 0 Å². The quantitative estimate of drug-likeness (QED) is 0.584. The van der Waals surface area contributed by atoms with Gasteiger partial charge in [-0.1, -0.05) is 6.07 Å². The van der Waals surface area contributed by atoms with Gasteiger partial charge in [0.25, 0.3) is 5.91 Å². The van der Waals surface area contributed by atoms with Gasteiger partial charge in [0.15, 0.2) is 17.4 Å². The largest absolute Gasteiger partial charge is 0.496 e. The Morgan fingerprint density at radius 3 is 2.76 bits per heavy atom. The molecule has 3 rings (SSSR count). The molecule has 2 N–H and O–H groups in total. The Morgan fingerprint density at radius 1 is 1.24 bits per heavy atom. The number of halogens is 4. The normalized spacial score (nSPS) is 10.8. The maximum Gasteiger partial charge on any atom is 0.387 e. The molecule has 1 aromatic heterocycles. The lowest BCUT2D eigenvalue weighted by Gasteiger charge is -2.11. The summed E-state index contributed by atoms with van der Waals surface area (Å²) >= 11 is 0. The lowest BCUT2D eigenvalue weighted by atomic mass is 10.2. The fourth-order valence-electron chi connectivity index (χ4n) is 2.51. The van der Waals surface area contributed by atoms with Gasteiger partial charge >= 0.3 is 6.61 Å². The highest BCUT2D eigenvalue weighted by molar-refractivity contribution is 5.96. The summed E-state index contributed by atoms with van der Waals surface area (Å²) in [6.07, 6.45) is 0. The SMILES string of the molecule is COc1ccc(F)cc1-c1n[nH]c(CNC(=O)c2cccc(F)c2OC(F)F)n1. The average Bonchev–Trinajstić information content (AvgIpc) is 3.16. The lowest BCUT2D eigenvalue weighted by Crippen LogP contribution is -2.24. The second kappa shape index (κ2) is 8.59. The Labute approximate surface area is 161 Å². The van der Waals surface area contributed by atoms with Crippen molar-refractivity contribution >= 4 is 5.91 Å². The Bertz CT molecular complexity index is 1030. The molecule has 0 aliphatic carbocycles. The van der Waals surface area contributed by atoms with E-state index in [0.717, 1.165) is 12.1 Å². The summed E-state index contributed by atoms with van der Waals surface area (Å²) in [5.74, 6) is -2.68. The van der Waals surface area contributed by atoms with Gasteiger partial charge in [0.1, 0.15) is 17.4 Å². The Kier molecular flexibility index (Phi) is 5.96. The number of hydrogen-bond acceptors (Lipinski definition) is 5. The van der Waals surface area contributed by atoms with Crippen molar-refractivity contribution in [3.05, 3.63) is 59.4 Å². The number of carbonyl (C=O) groups excluding carboxylic acids is 1. The zero-order chi connectivity index (χ0) is 21.0. The van der Waals surface area contributed by atoms with Gasteiger partial charge in [-0.05, 0) is 30.3 Å². The van der Waals surface area contributed by atoms with E-state index in [1.54, 1.807) is 0 Å². The number of alkyl halides is 2. The van der Waals surface area contributed by atoms with Crippen molar-refractivity contribution < 1.29 is 31.8 Å². The van der Waals surface area contributed by atoms with Gasteiger partial charge in [0, 0.05) is 0 Å². The van der Waals surface area contributed by atoms with Crippen LogP contribution in [0.4, 0.5) is 17.6 Å². The lowest BCUT2D eigenvalue weighted by molar-refractivity contribution is -0.0525. The van der Waals surface area contributed by atoms with Crippen LogP contribution in [0.5, 0.6) is 11.5 Å². The number of benzene rings is 2. The number of nitrogens with one attached hydrogen (secondary N) is 2. The van der Waals surface area contributed by atoms with E-state index in [0.29, 0.717) is 11.3 Å². The molecule has 0 unspecified atom stereocenters. The standard InChI is InChI=1S/C18H14F4N4O3/c1-28-13-6-5-9(19)7-11(13)16-24-14(25-26-16)8-23-17(27)10-3-2-4-12(20)15(10)29-18(21)22/h2-7,18H,8H2,1H3,(H,23,27)(H,24,25,26). The summed E-state index contributed by atoms with van der Waals surface area (Å²) in [5, 5.41) is 8.89. The van der Waals surface area contributed by atoms with Crippen LogP contribution in [0.1, 0.15) is 16.2 Å². The van der Waals surface area contributed by atoms with Crippen LogP contribution >= 0.6 is 0 Å². The minimum Gasteiger partial charge on any atom is -0.496 e. The molecule has 0 bridgehead atoms. The fraction of sp³-hybridized carbons (Fsp3) is 0.167. The maximum absolute atomic E-state index is 13.7. The predicted octanol–water partition coefficient (Wildman–Crippen LogP) is 3.29. The summed E-state index contributed by atoms with van der Waals surface area (Å²) in [7, 11) is 1.41. The van der Waals surface area contributed by atoms with E-state index in [1.165, 1.54) is 31.4 Å². The molecule has 152 valence electrons. The number of aromatic amines is 1. The number of aromatic nitrogens is 3. The minimum absolute atomic E-state index is 0.123. The molecule has 29 heavy (non-hydrogen) atoms. The highest BCUT2D eigenvalue weighted by Gasteiger charge is 2.20. The minimum atomic E-state index is -3.29. The van der Waals surface area contributed by atoms with Gasteiger partial charge in [-0.2, -0.15) is 13.9 Å². The Hall–Kier alpha value is -3.63. The van der Waals surface area contributed by atoms with E-state index in [9.17, 15) is 22.4 Å². The van der Waals surface area contributed by atoms with Crippen LogP contribution in [0.3, 0.4) is 0 Å². The van der Waals surface area contributed by atoms with Crippen molar-refractivity contribution in [3.8, 4) is 22.9 Å². The molecule has 0 spiro atoms. The number of ether oxygens (including phenoxy) is 2. The highest BCUT2D eigenvalue weighted by atomic mass is 19.3. The average molecular weight is 410 g/mol. The van der Waals surface area contributed by atoms with Gasteiger partial charge in [-0.25, -0.2) is 13.8 Å². The highest BCUT2D eigenvalue weighted by Crippen LogP contribution is 2.28. The van der Waals surface area contributed by atoms with E-state index >= 15 is 0 Å². The molecule has 3 aromatic rings. The number of nitrogens with zero attached hydrogens (tertiary/aromatic N) is 2. The molecule has 11 heteroatoms.